The van der Waals surface area contributed by atoms with Crippen LogP contribution in [0.15, 0.2) is 57.2 Å². The van der Waals surface area contributed by atoms with Gasteiger partial charge in [-0.3, -0.25) is 9.59 Å². The highest BCUT2D eigenvalue weighted by atomic mass is 32.2. The lowest BCUT2D eigenvalue weighted by Gasteiger charge is -2.29. The van der Waals surface area contributed by atoms with E-state index >= 15 is 0 Å². The molecule has 2 unspecified atom stereocenters. The molecule has 1 aliphatic heterocycles. The van der Waals surface area contributed by atoms with Crippen molar-refractivity contribution in [2.75, 3.05) is 18.9 Å². The zero-order valence-corrected chi connectivity index (χ0v) is 20.7. The minimum Gasteiger partial charge on any atom is -0.441 e. The Kier molecular flexibility index (Phi) is 6.58. The monoisotopic (exact) mass is 531 g/mol. The number of rotatable bonds is 8. The fourth-order valence-corrected chi connectivity index (χ4v) is 8.25. The van der Waals surface area contributed by atoms with E-state index in [1.165, 1.54) is 34.4 Å². The fraction of sp³-hybridized carbons (Fsp3) is 0.227. The number of aromatic nitrogens is 2. The summed E-state index contributed by atoms with van der Waals surface area (Å²) >= 11 is 5.14. The summed E-state index contributed by atoms with van der Waals surface area (Å²) in [6, 6.07) is 15.2. The van der Waals surface area contributed by atoms with Gasteiger partial charge < -0.3 is 15.2 Å². The van der Waals surface area contributed by atoms with Gasteiger partial charge in [0.05, 0.1) is 32.8 Å². The second-order valence-electron chi connectivity index (χ2n) is 7.30. The van der Waals surface area contributed by atoms with E-state index in [2.05, 4.69) is 15.3 Å². The quantitative estimate of drug-likeness (QED) is 0.201. The van der Waals surface area contributed by atoms with Crippen LogP contribution in [0, 0.1) is 0 Å². The third-order valence-electron chi connectivity index (χ3n) is 5.10. The Labute approximate surface area is 210 Å². The molecule has 3 heterocycles. The van der Waals surface area contributed by atoms with Gasteiger partial charge in [-0.2, -0.15) is 0 Å². The number of para-hydroxylation sites is 2. The predicted molar refractivity (Wildman–Crippen MR) is 134 cm³/mol. The molecular weight excluding hydrogens is 515 g/mol. The van der Waals surface area contributed by atoms with Gasteiger partial charge in [0.2, 0.25) is 5.60 Å². The van der Waals surface area contributed by atoms with E-state index in [1.54, 1.807) is 0 Å². The first-order chi connectivity index (χ1) is 16.5. The molecule has 2 aromatic heterocycles. The van der Waals surface area contributed by atoms with E-state index in [4.69, 9.17) is 4.74 Å². The first-order valence-corrected chi connectivity index (χ1v) is 13.7. The first kappa shape index (κ1) is 23.2. The molecule has 8 nitrogen and oxygen atoms in total. The molecule has 2 aromatic carbocycles. The molecule has 2 atom stereocenters. The van der Waals surface area contributed by atoms with Gasteiger partial charge in [-0.15, -0.1) is 22.7 Å². The molecule has 12 heteroatoms. The Morgan fingerprint density at radius 3 is 2.29 bits per heavy atom. The highest BCUT2D eigenvalue weighted by molar-refractivity contribution is 8.03. The molecular formula is C22H17N3O5S4. The number of amides is 1. The van der Waals surface area contributed by atoms with Crippen molar-refractivity contribution in [1.82, 2.24) is 15.3 Å². The van der Waals surface area contributed by atoms with Crippen LogP contribution in [0.4, 0.5) is 0 Å². The molecule has 5 rings (SSSR count). The number of thiazole rings is 2. The van der Waals surface area contributed by atoms with Crippen molar-refractivity contribution in [3.05, 3.63) is 48.5 Å². The van der Waals surface area contributed by atoms with Crippen molar-refractivity contribution in [3.8, 4) is 0 Å². The van der Waals surface area contributed by atoms with Crippen LogP contribution in [0.3, 0.4) is 0 Å². The Hall–Kier alpha value is -2.51. The highest BCUT2D eigenvalue weighted by Crippen LogP contribution is 2.44. The van der Waals surface area contributed by atoms with Crippen LogP contribution in [-0.4, -0.2) is 62.5 Å². The zero-order valence-electron chi connectivity index (χ0n) is 17.4. The largest absolute Gasteiger partial charge is 0.441 e. The smallest absolute Gasteiger partial charge is 0.377 e. The number of carbonyl (C=O) groups is 3. The number of ether oxygens (including phenoxy) is 1. The van der Waals surface area contributed by atoms with E-state index in [0.717, 1.165) is 32.2 Å². The zero-order chi connectivity index (χ0) is 23.7. The number of esters is 1. The molecule has 0 saturated carbocycles. The number of nitrogens with zero attached hydrogens (tertiary/aromatic N) is 2. The molecule has 0 spiro atoms. The minimum atomic E-state index is -1.77. The summed E-state index contributed by atoms with van der Waals surface area (Å²) in [5.41, 5.74) is -0.172. The number of fused-ring (bicyclic) bond motifs is 2. The number of hydrogen-bond donors (Lipinski definition) is 2. The van der Waals surface area contributed by atoms with Crippen LogP contribution < -0.4 is 5.32 Å². The van der Waals surface area contributed by atoms with Gasteiger partial charge in [-0.1, -0.05) is 47.8 Å². The molecule has 34 heavy (non-hydrogen) atoms. The molecule has 1 aliphatic rings. The maximum Gasteiger partial charge on any atom is 0.377 e. The van der Waals surface area contributed by atoms with Crippen LogP contribution in [0.1, 0.15) is 0 Å². The topological polar surface area (TPSA) is 118 Å². The van der Waals surface area contributed by atoms with Gasteiger partial charge in [0.15, 0.2) is 8.68 Å². The number of ketones is 1. The molecule has 1 amide bonds. The molecule has 1 saturated heterocycles. The van der Waals surface area contributed by atoms with Crippen LogP contribution in [-0.2, 0) is 19.1 Å². The van der Waals surface area contributed by atoms with Crippen LogP contribution >= 0.6 is 46.2 Å². The van der Waals surface area contributed by atoms with E-state index in [-0.39, 0.29) is 18.9 Å². The van der Waals surface area contributed by atoms with Gasteiger partial charge in [-0.25, -0.2) is 14.8 Å². The van der Waals surface area contributed by atoms with Crippen molar-refractivity contribution in [1.29, 1.82) is 0 Å². The van der Waals surface area contributed by atoms with Crippen molar-refractivity contribution in [3.63, 3.8) is 0 Å². The van der Waals surface area contributed by atoms with Gasteiger partial charge >= 0.3 is 5.97 Å². The summed E-state index contributed by atoms with van der Waals surface area (Å²) in [4.78, 5) is 47.7. The van der Waals surface area contributed by atoms with Crippen molar-refractivity contribution in [2.24, 2.45) is 0 Å². The predicted octanol–water partition coefficient (Wildman–Crippen LogP) is 3.13. The lowest BCUT2D eigenvalue weighted by molar-refractivity contribution is -0.158. The number of thioether (sulfide) groups is 2. The molecule has 174 valence electrons. The lowest BCUT2D eigenvalue weighted by atomic mass is 10.00. The van der Waals surface area contributed by atoms with E-state index in [0.29, 0.717) is 8.68 Å². The standard InChI is InChI=1S/C22H17N3O5S4/c26-10-9-23-19(29)22(11-31-20-24-12-5-1-3-7-14(12)32-20)17(16(27)18(28)30-22)34-21-25-13-6-2-4-8-15(13)33-21/h1-8,17,26H,9-11H2,(H,23,29). The van der Waals surface area contributed by atoms with Crippen LogP contribution in [0.2, 0.25) is 0 Å². The van der Waals surface area contributed by atoms with Gasteiger partial charge in [-0.05, 0) is 24.3 Å². The Morgan fingerprint density at radius 1 is 1.03 bits per heavy atom. The normalized spacial score (nSPS) is 20.2. The van der Waals surface area contributed by atoms with Crippen LogP contribution in [0.25, 0.3) is 20.4 Å². The third-order valence-corrected chi connectivity index (χ3v) is 9.94. The maximum absolute atomic E-state index is 13.3. The second-order valence-corrected chi connectivity index (χ2v) is 11.9. The van der Waals surface area contributed by atoms with Crippen LogP contribution in [0.5, 0.6) is 0 Å². The number of aliphatic hydroxyl groups excluding tert-OH is 1. The summed E-state index contributed by atoms with van der Waals surface area (Å²) in [6.45, 7) is -0.318. The number of carbonyl (C=O) groups excluding carboxylic acids is 3. The average molecular weight is 532 g/mol. The summed E-state index contributed by atoms with van der Waals surface area (Å²) in [6.07, 6.45) is 0. The Balaban J connectivity index is 1.48. The second kappa shape index (κ2) is 9.62. The molecule has 2 N–H and O–H groups in total. The molecule has 0 aliphatic carbocycles. The summed E-state index contributed by atoms with van der Waals surface area (Å²) in [5, 5.41) is 10.7. The number of nitrogens with one attached hydrogen (secondary N) is 1. The minimum absolute atomic E-state index is 0.00980. The number of aliphatic hydroxyl groups is 1. The van der Waals surface area contributed by atoms with E-state index in [1.807, 2.05) is 48.5 Å². The first-order valence-electron chi connectivity index (χ1n) is 10.2. The van der Waals surface area contributed by atoms with Gasteiger partial charge in [0, 0.05) is 6.54 Å². The molecule has 1 fully saturated rings. The van der Waals surface area contributed by atoms with Crippen molar-refractivity contribution < 1.29 is 24.2 Å². The Morgan fingerprint density at radius 2 is 1.65 bits per heavy atom. The molecule has 0 bridgehead atoms. The number of Topliss-reactive ketones (excluding diaryl/α,β-unsaturated/α-hetero) is 1. The summed E-state index contributed by atoms with van der Waals surface area (Å²) in [7, 11) is 0. The number of cyclic esters (lactones) is 1. The Bertz CT molecular complexity index is 1340. The number of hydrogen-bond acceptors (Lipinski definition) is 11. The molecule has 4 aromatic rings. The van der Waals surface area contributed by atoms with E-state index in [9.17, 15) is 19.5 Å². The summed E-state index contributed by atoms with van der Waals surface area (Å²) in [5.74, 6) is -2.48. The maximum atomic E-state index is 13.3. The molecule has 0 radical (unpaired) electrons. The number of benzene rings is 2. The van der Waals surface area contributed by atoms with Crippen molar-refractivity contribution in [2.45, 2.75) is 19.5 Å². The van der Waals surface area contributed by atoms with Gasteiger partial charge in [0.1, 0.15) is 5.25 Å². The van der Waals surface area contributed by atoms with Gasteiger partial charge in [0.25, 0.3) is 11.7 Å². The average Bonchev–Trinajstić information content (AvgIpc) is 3.51. The van der Waals surface area contributed by atoms with Crippen molar-refractivity contribution >= 4 is 84.3 Å². The lowest BCUT2D eigenvalue weighted by Crippen LogP contribution is -2.55. The SMILES string of the molecule is O=C1OC(CSc2nc3ccccc3s2)(C(=O)NCCO)C(Sc2nc3ccccc3s2)C1=O. The third kappa shape index (κ3) is 4.31. The highest BCUT2D eigenvalue weighted by Gasteiger charge is 2.61. The fourth-order valence-electron chi connectivity index (χ4n) is 3.48. The van der Waals surface area contributed by atoms with E-state index < -0.39 is 28.5 Å². The summed E-state index contributed by atoms with van der Waals surface area (Å²) < 4.78 is 8.67.